The molecule has 1 amide bonds. The lowest BCUT2D eigenvalue weighted by atomic mass is 10.3. The second kappa shape index (κ2) is 7.34. The molecule has 134 valence electrons. The molecule has 0 bridgehead atoms. The topological polar surface area (TPSA) is 111 Å². The van der Waals surface area contributed by atoms with Gasteiger partial charge in [0.2, 0.25) is 11.7 Å². The molecule has 1 heterocycles. The summed E-state index contributed by atoms with van der Waals surface area (Å²) in [5, 5.41) is 0. The third kappa shape index (κ3) is 3.97. The Bertz CT molecular complexity index is 868. The first kappa shape index (κ1) is 18.5. The van der Waals surface area contributed by atoms with E-state index < -0.39 is 10.0 Å². The Morgan fingerprint density at radius 1 is 1.12 bits per heavy atom. The van der Waals surface area contributed by atoms with Crippen molar-refractivity contribution in [1.29, 1.82) is 0 Å². The van der Waals surface area contributed by atoms with Crippen molar-refractivity contribution in [2.75, 3.05) is 30.9 Å². The molecule has 0 fully saturated rings. The molecule has 10 heteroatoms. The van der Waals surface area contributed by atoms with Gasteiger partial charge in [0.1, 0.15) is 6.33 Å². The van der Waals surface area contributed by atoms with Gasteiger partial charge in [-0.3, -0.25) is 9.52 Å². The first-order valence-electron chi connectivity index (χ1n) is 7.10. The van der Waals surface area contributed by atoms with Crippen LogP contribution in [0.4, 0.5) is 11.5 Å². The SMILES string of the molecule is COc1ncnc(NS(=O)(=O)c2ccc(N(C)C(C)=O)cc2)c1OC. The van der Waals surface area contributed by atoms with Crippen LogP contribution in [0.25, 0.3) is 0 Å². The zero-order chi connectivity index (χ0) is 18.6. The molecule has 0 aliphatic heterocycles. The van der Waals surface area contributed by atoms with Crippen LogP contribution in [0.2, 0.25) is 0 Å². The molecule has 25 heavy (non-hydrogen) atoms. The maximum atomic E-state index is 12.5. The van der Waals surface area contributed by atoms with Crippen molar-refractivity contribution in [3.05, 3.63) is 30.6 Å². The second-order valence-corrected chi connectivity index (χ2v) is 6.62. The Morgan fingerprint density at radius 2 is 1.76 bits per heavy atom. The number of hydrogen-bond donors (Lipinski definition) is 1. The number of amides is 1. The molecule has 1 aromatic heterocycles. The summed E-state index contributed by atoms with van der Waals surface area (Å²) in [5.41, 5.74) is 0.577. The average Bonchev–Trinajstić information content (AvgIpc) is 2.60. The molecule has 1 aromatic carbocycles. The van der Waals surface area contributed by atoms with E-state index in [2.05, 4.69) is 14.7 Å². The van der Waals surface area contributed by atoms with Crippen LogP contribution in [0, 0.1) is 0 Å². The van der Waals surface area contributed by atoms with Gasteiger partial charge in [-0.15, -0.1) is 0 Å². The number of nitrogens with one attached hydrogen (secondary N) is 1. The van der Waals surface area contributed by atoms with Crippen LogP contribution >= 0.6 is 0 Å². The van der Waals surface area contributed by atoms with E-state index in [1.165, 1.54) is 50.3 Å². The highest BCUT2D eigenvalue weighted by Gasteiger charge is 2.21. The van der Waals surface area contributed by atoms with E-state index in [0.717, 1.165) is 6.33 Å². The lowest BCUT2D eigenvalue weighted by Gasteiger charge is -2.16. The number of ether oxygens (including phenoxy) is 2. The first-order chi connectivity index (χ1) is 11.8. The van der Waals surface area contributed by atoms with Crippen LogP contribution < -0.4 is 19.1 Å². The molecule has 2 rings (SSSR count). The maximum absolute atomic E-state index is 12.5. The molecular formula is C15H18N4O5S. The molecule has 0 spiro atoms. The Labute approximate surface area is 145 Å². The summed E-state index contributed by atoms with van der Waals surface area (Å²) >= 11 is 0. The Balaban J connectivity index is 2.33. The highest BCUT2D eigenvalue weighted by molar-refractivity contribution is 7.92. The summed E-state index contributed by atoms with van der Waals surface area (Å²) in [6, 6.07) is 5.85. The van der Waals surface area contributed by atoms with E-state index in [9.17, 15) is 13.2 Å². The number of hydrogen-bond acceptors (Lipinski definition) is 7. The Morgan fingerprint density at radius 3 is 2.28 bits per heavy atom. The number of carbonyl (C=O) groups excluding carboxylic acids is 1. The van der Waals surface area contributed by atoms with Gasteiger partial charge < -0.3 is 14.4 Å². The number of sulfonamides is 1. The number of anilines is 2. The lowest BCUT2D eigenvalue weighted by Crippen LogP contribution is -2.22. The number of carbonyl (C=O) groups is 1. The summed E-state index contributed by atoms with van der Waals surface area (Å²) < 4.78 is 37.5. The third-order valence-corrected chi connectivity index (χ3v) is 4.76. The number of methoxy groups -OCH3 is 2. The molecule has 2 aromatic rings. The minimum Gasteiger partial charge on any atom is -0.489 e. The zero-order valence-electron chi connectivity index (χ0n) is 14.2. The minimum absolute atomic E-state index is 0.00725. The van der Waals surface area contributed by atoms with Gasteiger partial charge in [-0.2, -0.15) is 4.98 Å². The highest BCUT2D eigenvalue weighted by atomic mass is 32.2. The zero-order valence-corrected chi connectivity index (χ0v) is 15.0. The summed E-state index contributed by atoms with van der Waals surface area (Å²) in [6.45, 7) is 1.42. The van der Waals surface area contributed by atoms with Gasteiger partial charge in [0.05, 0.1) is 19.1 Å². The van der Waals surface area contributed by atoms with E-state index in [-0.39, 0.29) is 28.3 Å². The summed E-state index contributed by atoms with van der Waals surface area (Å²) in [7, 11) is 0.421. The molecule has 0 unspecified atom stereocenters. The van der Waals surface area contributed by atoms with Crippen molar-refractivity contribution in [2.24, 2.45) is 0 Å². The van der Waals surface area contributed by atoms with Crippen LogP contribution in [0.1, 0.15) is 6.92 Å². The van der Waals surface area contributed by atoms with Crippen molar-refractivity contribution in [3.8, 4) is 11.6 Å². The molecule has 1 N–H and O–H groups in total. The molecule has 0 radical (unpaired) electrons. The van der Waals surface area contributed by atoms with E-state index in [1.54, 1.807) is 7.05 Å². The van der Waals surface area contributed by atoms with Gasteiger partial charge in [-0.1, -0.05) is 0 Å². The van der Waals surface area contributed by atoms with Crippen LogP contribution in [0.3, 0.4) is 0 Å². The van der Waals surface area contributed by atoms with Crippen molar-refractivity contribution < 1.29 is 22.7 Å². The van der Waals surface area contributed by atoms with E-state index in [0.29, 0.717) is 5.69 Å². The van der Waals surface area contributed by atoms with E-state index in [4.69, 9.17) is 9.47 Å². The first-order valence-corrected chi connectivity index (χ1v) is 8.58. The summed E-state index contributed by atoms with van der Waals surface area (Å²) in [4.78, 5) is 20.5. The molecule has 0 aliphatic rings. The number of benzene rings is 1. The van der Waals surface area contributed by atoms with Crippen LogP contribution in [-0.2, 0) is 14.8 Å². The molecule has 9 nitrogen and oxygen atoms in total. The minimum atomic E-state index is -3.91. The van der Waals surface area contributed by atoms with Crippen molar-refractivity contribution in [2.45, 2.75) is 11.8 Å². The number of aromatic nitrogens is 2. The fraction of sp³-hybridized carbons (Fsp3) is 0.267. The molecule has 0 atom stereocenters. The van der Waals surface area contributed by atoms with Gasteiger partial charge in [-0.25, -0.2) is 13.4 Å². The van der Waals surface area contributed by atoms with Crippen LogP contribution in [0.15, 0.2) is 35.5 Å². The number of rotatable bonds is 6. The normalized spacial score (nSPS) is 10.9. The maximum Gasteiger partial charge on any atom is 0.263 e. The lowest BCUT2D eigenvalue weighted by molar-refractivity contribution is -0.116. The van der Waals surface area contributed by atoms with Crippen molar-refractivity contribution >= 4 is 27.4 Å². The molecular weight excluding hydrogens is 348 g/mol. The fourth-order valence-electron chi connectivity index (χ4n) is 1.98. The van der Waals surface area contributed by atoms with Gasteiger partial charge in [-0.05, 0) is 24.3 Å². The molecule has 0 saturated heterocycles. The third-order valence-electron chi connectivity index (χ3n) is 3.41. The van der Waals surface area contributed by atoms with Gasteiger partial charge in [0.15, 0.2) is 5.82 Å². The second-order valence-electron chi connectivity index (χ2n) is 4.94. The molecule has 0 aliphatic carbocycles. The number of nitrogens with zero attached hydrogens (tertiary/aromatic N) is 3. The van der Waals surface area contributed by atoms with Crippen LogP contribution in [-0.4, -0.2) is 45.6 Å². The molecule has 0 saturated carbocycles. The summed E-state index contributed by atoms with van der Waals surface area (Å²) in [5.74, 6) is -0.0269. The van der Waals surface area contributed by atoms with Crippen LogP contribution in [0.5, 0.6) is 11.6 Å². The summed E-state index contributed by atoms with van der Waals surface area (Å²) in [6.07, 6.45) is 1.16. The fourth-order valence-corrected chi connectivity index (χ4v) is 2.99. The predicted octanol–water partition coefficient (Wildman–Crippen LogP) is 1.28. The monoisotopic (exact) mass is 366 g/mol. The Kier molecular flexibility index (Phi) is 5.42. The average molecular weight is 366 g/mol. The van der Waals surface area contributed by atoms with Gasteiger partial charge in [0.25, 0.3) is 15.9 Å². The van der Waals surface area contributed by atoms with E-state index in [1.807, 2.05) is 0 Å². The quantitative estimate of drug-likeness (QED) is 0.820. The predicted molar refractivity (Wildman–Crippen MR) is 91.5 cm³/mol. The highest BCUT2D eigenvalue weighted by Crippen LogP contribution is 2.32. The van der Waals surface area contributed by atoms with E-state index >= 15 is 0 Å². The standard InChI is InChI=1S/C15H18N4O5S/c1-10(20)19(2)11-5-7-12(8-6-11)25(21,22)18-14-13(23-3)15(24-4)17-9-16-14/h5-9H,1-4H3,(H,16,17,18). The van der Waals surface area contributed by atoms with Gasteiger partial charge >= 0.3 is 0 Å². The smallest absolute Gasteiger partial charge is 0.263 e. The Hall–Kier alpha value is -2.88. The van der Waals surface area contributed by atoms with Gasteiger partial charge in [0, 0.05) is 19.7 Å². The van der Waals surface area contributed by atoms with Crippen molar-refractivity contribution in [1.82, 2.24) is 9.97 Å². The van der Waals surface area contributed by atoms with Crippen molar-refractivity contribution in [3.63, 3.8) is 0 Å². The largest absolute Gasteiger partial charge is 0.489 e.